The summed E-state index contributed by atoms with van der Waals surface area (Å²) in [5.74, 6) is 0. The highest BCUT2D eigenvalue weighted by Crippen LogP contribution is 2.24. The first-order chi connectivity index (χ1) is 7.70. The Hall–Kier alpha value is -1.06. The molecule has 2 N–H and O–H groups in total. The number of nitrogens with zero attached hydrogens (tertiary/aromatic N) is 1. The van der Waals surface area contributed by atoms with Crippen LogP contribution >= 0.6 is 0 Å². The maximum atomic E-state index is 6.01. The zero-order valence-corrected chi connectivity index (χ0v) is 10.1. The van der Waals surface area contributed by atoms with Gasteiger partial charge in [-0.3, -0.25) is 4.90 Å². The summed E-state index contributed by atoms with van der Waals surface area (Å²) in [5.41, 5.74) is 9.64. The van der Waals surface area contributed by atoms with E-state index in [2.05, 4.69) is 17.9 Å². The molecule has 0 saturated carbocycles. The first-order valence-electron chi connectivity index (χ1n) is 5.82. The van der Waals surface area contributed by atoms with Crippen molar-refractivity contribution in [3.05, 3.63) is 29.3 Å². The fraction of sp³-hybridized carbons (Fsp3) is 0.538. The van der Waals surface area contributed by atoms with Gasteiger partial charge in [0.15, 0.2) is 0 Å². The largest absolute Gasteiger partial charge is 0.398 e. The van der Waals surface area contributed by atoms with Crippen molar-refractivity contribution in [2.45, 2.75) is 26.0 Å². The normalized spacial score (nSPS) is 18.1. The van der Waals surface area contributed by atoms with E-state index in [0.29, 0.717) is 0 Å². The first kappa shape index (κ1) is 11.4. The summed E-state index contributed by atoms with van der Waals surface area (Å²) < 4.78 is 5.30. The Labute approximate surface area is 97.2 Å². The molecular weight excluding hydrogens is 200 g/mol. The number of methoxy groups -OCH3 is 1. The Morgan fingerprint density at radius 1 is 1.50 bits per heavy atom. The topological polar surface area (TPSA) is 38.5 Å². The van der Waals surface area contributed by atoms with Gasteiger partial charge in [0.1, 0.15) is 0 Å². The number of fused-ring (bicyclic) bond motifs is 1. The Morgan fingerprint density at radius 2 is 2.31 bits per heavy atom. The van der Waals surface area contributed by atoms with E-state index in [1.165, 1.54) is 11.1 Å². The van der Waals surface area contributed by atoms with Gasteiger partial charge in [-0.1, -0.05) is 12.1 Å². The van der Waals surface area contributed by atoms with Gasteiger partial charge in [-0.2, -0.15) is 0 Å². The van der Waals surface area contributed by atoms with Crippen molar-refractivity contribution in [1.82, 2.24) is 4.90 Å². The number of anilines is 1. The molecule has 0 fully saturated rings. The molecule has 0 aromatic heterocycles. The monoisotopic (exact) mass is 220 g/mol. The summed E-state index contributed by atoms with van der Waals surface area (Å²) >= 11 is 0. The third-order valence-electron chi connectivity index (χ3n) is 3.31. The SMILES string of the molecule is COC(C)CN1CCc2cccc(N)c2C1. The van der Waals surface area contributed by atoms with Gasteiger partial charge in [-0.25, -0.2) is 0 Å². The average molecular weight is 220 g/mol. The van der Waals surface area contributed by atoms with Crippen molar-refractivity contribution < 1.29 is 4.74 Å². The van der Waals surface area contributed by atoms with Gasteiger partial charge in [0.2, 0.25) is 0 Å². The van der Waals surface area contributed by atoms with Crippen molar-refractivity contribution in [3.8, 4) is 0 Å². The molecule has 1 aliphatic rings. The van der Waals surface area contributed by atoms with E-state index in [1.807, 2.05) is 12.1 Å². The smallest absolute Gasteiger partial charge is 0.0670 e. The lowest BCUT2D eigenvalue weighted by atomic mass is 9.98. The second-order valence-corrected chi connectivity index (χ2v) is 4.52. The van der Waals surface area contributed by atoms with Crippen LogP contribution in [-0.2, 0) is 17.7 Å². The number of ether oxygens (including phenoxy) is 1. The van der Waals surface area contributed by atoms with E-state index in [9.17, 15) is 0 Å². The van der Waals surface area contributed by atoms with Crippen molar-refractivity contribution in [2.24, 2.45) is 0 Å². The molecule has 2 rings (SSSR count). The molecule has 1 unspecified atom stereocenters. The van der Waals surface area contributed by atoms with Gasteiger partial charge in [0.25, 0.3) is 0 Å². The molecule has 0 radical (unpaired) electrons. The molecule has 1 aromatic rings. The van der Waals surface area contributed by atoms with Crippen LogP contribution in [0.4, 0.5) is 5.69 Å². The lowest BCUT2D eigenvalue weighted by molar-refractivity contribution is 0.0724. The Morgan fingerprint density at radius 3 is 3.06 bits per heavy atom. The number of hydrogen-bond donors (Lipinski definition) is 1. The van der Waals surface area contributed by atoms with Crippen molar-refractivity contribution >= 4 is 5.69 Å². The minimum Gasteiger partial charge on any atom is -0.398 e. The van der Waals surface area contributed by atoms with Crippen LogP contribution in [-0.4, -0.2) is 31.2 Å². The van der Waals surface area contributed by atoms with E-state index < -0.39 is 0 Å². The van der Waals surface area contributed by atoms with Crippen LogP contribution in [0.2, 0.25) is 0 Å². The molecule has 0 spiro atoms. The van der Waals surface area contributed by atoms with Crippen LogP contribution in [0.1, 0.15) is 18.1 Å². The number of benzene rings is 1. The van der Waals surface area contributed by atoms with Crippen LogP contribution in [0, 0.1) is 0 Å². The molecule has 0 bridgehead atoms. The molecule has 0 amide bonds. The molecule has 1 aromatic carbocycles. The van der Waals surface area contributed by atoms with Gasteiger partial charge >= 0.3 is 0 Å². The van der Waals surface area contributed by atoms with E-state index in [1.54, 1.807) is 7.11 Å². The highest BCUT2D eigenvalue weighted by molar-refractivity contribution is 5.51. The van der Waals surface area contributed by atoms with Crippen LogP contribution < -0.4 is 5.73 Å². The Bertz CT molecular complexity index is 365. The summed E-state index contributed by atoms with van der Waals surface area (Å²) in [6.07, 6.45) is 1.38. The molecule has 3 heteroatoms. The zero-order chi connectivity index (χ0) is 11.5. The van der Waals surface area contributed by atoms with Crippen LogP contribution in [0.25, 0.3) is 0 Å². The molecule has 1 atom stereocenters. The number of nitrogens with two attached hydrogens (primary N) is 1. The molecule has 1 aliphatic heterocycles. The summed E-state index contributed by atoms with van der Waals surface area (Å²) in [6.45, 7) is 5.13. The predicted molar refractivity (Wildman–Crippen MR) is 66.3 cm³/mol. The quantitative estimate of drug-likeness (QED) is 0.787. The third kappa shape index (κ3) is 2.36. The zero-order valence-electron chi connectivity index (χ0n) is 10.1. The van der Waals surface area contributed by atoms with Gasteiger partial charge in [-0.15, -0.1) is 0 Å². The van der Waals surface area contributed by atoms with Gasteiger partial charge < -0.3 is 10.5 Å². The standard InChI is InChI=1S/C13H20N2O/c1-10(16-2)8-15-7-6-11-4-3-5-13(14)12(11)9-15/h3-5,10H,6-9,14H2,1-2H3. The lowest BCUT2D eigenvalue weighted by Crippen LogP contribution is -2.36. The Kier molecular flexibility index (Phi) is 3.46. The van der Waals surface area contributed by atoms with Crippen LogP contribution in [0.15, 0.2) is 18.2 Å². The third-order valence-corrected chi connectivity index (χ3v) is 3.31. The van der Waals surface area contributed by atoms with Crippen molar-refractivity contribution in [1.29, 1.82) is 0 Å². The molecule has 1 heterocycles. The second-order valence-electron chi connectivity index (χ2n) is 4.52. The van der Waals surface area contributed by atoms with Crippen LogP contribution in [0.5, 0.6) is 0 Å². The van der Waals surface area contributed by atoms with E-state index in [0.717, 1.165) is 31.7 Å². The second kappa shape index (κ2) is 4.85. The van der Waals surface area contributed by atoms with E-state index in [-0.39, 0.29) is 6.10 Å². The summed E-state index contributed by atoms with van der Waals surface area (Å²) in [6, 6.07) is 6.21. The maximum absolute atomic E-state index is 6.01. The minimum absolute atomic E-state index is 0.284. The molecular formula is C13H20N2O. The predicted octanol–water partition coefficient (Wildman–Crippen LogP) is 1.66. The lowest BCUT2D eigenvalue weighted by Gasteiger charge is -2.31. The van der Waals surface area contributed by atoms with Crippen molar-refractivity contribution in [2.75, 3.05) is 25.9 Å². The van der Waals surface area contributed by atoms with E-state index >= 15 is 0 Å². The van der Waals surface area contributed by atoms with E-state index in [4.69, 9.17) is 10.5 Å². The fourth-order valence-corrected chi connectivity index (χ4v) is 2.26. The van der Waals surface area contributed by atoms with Crippen LogP contribution in [0.3, 0.4) is 0 Å². The molecule has 16 heavy (non-hydrogen) atoms. The number of nitrogen functional groups attached to an aromatic ring is 1. The number of hydrogen-bond acceptors (Lipinski definition) is 3. The highest BCUT2D eigenvalue weighted by atomic mass is 16.5. The van der Waals surface area contributed by atoms with Gasteiger partial charge in [-0.05, 0) is 30.5 Å². The Balaban J connectivity index is 2.08. The molecule has 0 saturated heterocycles. The minimum atomic E-state index is 0.284. The molecule has 88 valence electrons. The van der Waals surface area contributed by atoms with Gasteiger partial charge in [0, 0.05) is 32.4 Å². The van der Waals surface area contributed by atoms with Gasteiger partial charge in [0.05, 0.1) is 6.10 Å². The molecule has 3 nitrogen and oxygen atoms in total. The molecule has 0 aliphatic carbocycles. The summed E-state index contributed by atoms with van der Waals surface area (Å²) in [5, 5.41) is 0. The van der Waals surface area contributed by atoms with Crippen molar-refractivity contribution in [3.63, 3.8) is 0 Å². The summed E-state index contributed by atoms with van der Waals surface area (Å²) in [7, 11) is 1.76. The maximum Gasteiger partial charge on any atom is 0.0670 e. The highest BCUT2D eigenvalue weighted by Gasteiger charge is 2.19. The fourth-order valence-electron chi connectivity index (χ4n) is 2.26. The number of rotatable bonds is 3. The average Bonchev–Trinajstić information content (AvgIpc) is 2.30. The summed E-state index contributed by atoms with van der Waals surface area (Å²) in [4.78, 5) is 2.41. The first-order valence-corrected chi connectivity index (χ1v) is 5.82.